The van der Waals surface area contributed by atoms with Gasteiger partial charge < -0.3 is 10.2 Å². The van der Waals surface area contributed by atoms with E-state index in [9.17, 15) is 9.18 Å². The largest absolute Gasteiger partial charge is 0.361 e. The highest BCUT2D eigenvalue weighted by Gasteiger charge is 2.15. The molecule has 0 saturated heterocycles. The monoisotopic (exact) mass is 423 g/mol. The Morgan fingerprint density at radius 2 is 2.07 bits per heavy atom. The maximum Gasteiger partial charge on any atom is 0.261 e. The molecule has 3 aromatic rings. The second-order valence-electron chi connectivity index (χ2n) is 6.80. The molecule has 1 amide bonds. The molecule has 2 N–H and O–H groups in total. The minimum Gasteiger partial charge on any atom is -0.361 e. The van der Waals surface area contributed by atoms with Crippen molar-refractivity contribution in [1.82, 2.24) is 15.2 Å². The zero-order valence-electron chi connectivity index (χ0n) is 16.7. The van der Waals surface area contributed by atoms with Crippen molar-refractivity contribution < 1.29 is 9.18 Å². The molecule has 6 nitrogen and oxygen atoms in total. The number of aryl methyl sites for hydroxylation is 1. The van der Waals surface area contributed by atoms with Crippen LogP contribution in [0.2, 0.25) is 0 Å². The van der Waals surface area contributed by atoms with E-state index in [2.05, 4.69) is 15.3 Å². The van der Waals surface area contributed by atoms with Crippen molar-refractivity contribution in [3.05, 3.63) is 87.1 Å². The van der Waals surface area contributed by atoms with Gasteiger partial charge in [0.2, 0.25) is 0 Å². The van der Waals surface area contributed by atoms with Crippen LogP contribution >= 0.6 is 11.3 Å². The van der Waals surface area contributed by atoms with Crippen molar-refractivity contribution in [3.8, 4) is 0 Å². The summed E-state index contributed by atoms with van der Waals surface area (Å²) in [4.78, 5) is 23.7. The molecular formula is C22H22FN5OS. The zero-order chi connectivity index (χ0) is 21.5. The first kappa shape index (κ1) is 21.3. The zero-order valence-corrected chi connectivity index (χ0v) is 17.5. The highest BCUT2D eigenvalue weighted by Crippen LogP contribution is 2.22. The SMILES string of the molecule is Cc1cc(C(=N)N=CN(C)Cc2ccc(F)cc2)sc1C(=O)NCc1cccnc1. The van der Waals surface area contributed by atoms with Gasteiger partial charge in [0.15, 0.2) is 5.84 Å². The number of nitrogens with one attached hydrogen (secondary N) is 2. The van der Waals surface area contributed by atoms with Gasteiger partial charge in [0.05, 0.1) is 16.1 Å². The van der Waals surface area contributed by atoms with E-state index in [-0.39, 0.29) is 17.6 Å². The number of amides is 1. The average Bonchev–Trinajstić information content (AvgIpc) is 3.14. The fraction of sp³-hybridized carbons (Fsp3) is 0.182. The Bertz CT molecular complexity index is 1050. The van der Waals surface area contributed by atoms with Gasteiger partial charge in [-0.25, -0.2) is 9.38 Å². The van der Waals surface area contributed by atoms with Crippen molar-refractivity contribution >= 4 is 29.4 Å². The third kappa shape index (κ3) is 5.81. The number of hydrogen-bond acceptors (Lipinski definition) is 4. The lowest BCUT2D eigenvalue weighted by atomic mass is 10.2. The molecule has 0 aliphatic heterocycles. The molecule has 0 bridgehead atoms. The molecule has 0 fully saturated rings. The van der Waals surface area contributed by atoms with Gasteiger partial charge in [0.25, 0.3) is 5.91 Å². The van der Waals surface area contributed by atoms with Crippen LogP contribution in [-0.2, 0) is 13.1 Å². The number of halogens is 1. The van der Waals surface area contributed by atoms with Crippen LogP contribution in [0.3, 0.4) is 0 Å². The number of rotatable bonds is 7. The second kappa shape index (κ2) is 9.89. The number of benzene rings is 1. The Hall–Kier alpha value is -3.39. The number of carbonyl (C=O) groups excluding carboxylic acids is 1. The van der Waals surface area contributed by atoms with E-state index in [0.29, 0.717) is 22.8 Å². The minimum absolute atomic E-state index is 0.0837. The van der Waals surface area contributed by atoms with Crippen LogP contribution in [0.25, 0.3) is 0 Å². The number of thiophene rings is 1. The Morgan fingerprint density at radius 3 is 2.77 bits per heavy atom. The number of aliphatic imine (C=N–C) groups is 1. The molecule has 30 heavy (non-hydrogen) atoms. The summed E-state index contributed by atoms with van der Waals surface area (Å²) in [6, 6.07) is 11.8. The van der Waals surface area contributed by atoms with Crippen molar-refractivity contribution in [3.63, 3.8) is 0 Å². The van der Waals surface area contributed by atoms with Gasteiger partial charge in [-0.15, -0.1) is 11.3 Å². The van der Waals surface area contributed by atoms with Crippen LogP contribution in [0, 0.1) is 18.2 Å². The Labute approximate surface area is 178 Å². The normalized spacial score (nSPS) is 10.9. The maximum atomic E-state index is 13.0. The van der Waals surface area contributed by atoms with Crippen molar-refractivity contribution in [2.45, 2.75) is 20.0 Å². The lowest BCUT2D eigenvalue weighted by Gasteiger charge is -2.12. The van der Waals surface area contributed by atoms with Gasteiger partial charge >= 0.3 is 0 Å². The third-order valence-corrected chi connectivity index (χ3v) is 5.51. The molecule has 154 valence electrons. The first-order chi connectivity index (χ1) is 14.4. The number of carbonyl (C=O) groups is 1. The van der Waals surface area contributed by atoms with E-state index in [1.54, 1.807) is 36.9 Å². The molecule has 0 spiro atoms. The number of hydrogen-bond donors (Lipinski definition) is 2. The third-order valence-electron chi connectivity index (χ3n) is 4.26. The lowest BCUT2D eigenvalue weighted by Crippen LogP contribution is -2.22. The molecule has 0 atom stereocenters. The summed E-state index contributed by atoms with van der Waals surface area (Å²) in [7, 11) is 1.83. The highest BCUT2D eigenvalue weighted by atomic mass is 32.1. The average molecular weight is 424 g/mol. The molecule has 1 aromatic carbocycles. The van der Waals surface area contributed by atoms with Gasteiger partial charge in [-0.3, -0.25) is 15.2 Å². The highest BCUT2D eigenvalue weighted by molar-refractivity contribution is 7.16. The van der Waals surface area contributed by atoms with Gasteiger partial charge in [0.1, 0.15) is 5.82 Å². The van der Waals surface area contributed by atoms with Crippen LogP contribution in [0.5, 0.6) is 0 Å². The molecule has 0 saturated carbocycles. The second-order valence-corrected chi connectivity index (χ2v) is 7.85. The van der Waals surface area contributed by atoms with Crippen LogP contribution < -0.4 is 5.32 Å². The first-order valence-electron chi connectivity index (χ1n) is 9.27. The summed E-state index contributed by atoms with van der Waals surface area (Å²) in [6.45, 7) is 2.78. The van der Waals surface area contributed by atoms with Gasteiger partial charge in [-0.1, -0.05) is 18.2 Å². The van der Waals surface area contributed by atoms with Crippen LogP contribution in [0.4, 0.5) is 4.39 Å². The number of amidine groups is 1. The van der Waals surface area contributed by atoms with Gasteiger partial charge in [-0.2, -0.15) is 0 Å². The molecule has 0 aliphatic carbocycles. The molecule has 0 aliphatic rings. The molecule has 3 rings (SSSR count). The molecule has 8 heteroatoms. The number of aromatic nitrogens is 1. The standard InChI is InChI=1S/C22H22FN5OS/c1-15-10-19(30-20(15)22(29)26-12-17-4-3-9-25-11-17)21(24)27-14-28(2)13-16-5-7-18(23)8-6-16/h3-11,14,24H,12-13H2,1-2H3,(H,26,29). The maximum absolute atomic E-state index is 13.0. The number of pyridine rings is 1. The Kier molecular flexibility index (Phi) is 7.03. The molecule has 2 heterocycles. The summed E-state index contributed by atoms with van der Waals surface area (Å²) in [6.07, 6.45) is 4.95. The fourth-order valence-corrected chi connectivity index (χ4v) is 3.72. The van der Waals surface area contributed by atoms with Crippen molar-refractivity contribution in [1.29, 1.82) is 5.41 Å². The summed E-state index contributed by atoms with van der Waals surface area (Å²) in [5, 5.41) is 11.1. The lowest BCUT2D eigenvalue weighted by molar-refractivity contribution is 0.0954. The summed E-state index contributed by atoms with van der Waals surface area (Å²) >= 11 is 1.24. The predicted octanol–water partition coefficient (Wildman–Crippen LogP) is 4.01. The van der Waals surface area contributed by atoms with E-state index < -0.39 is 0 Å². The summed E-state index contributed by atoms with van der Waals surface area (Å²) < 4.78 is 13.0. The quantitative estimate of drug-likeness (QED) is 0.445. The van der Waals surface area contributed by atoms with E-state index in [0.717, 1.165) is 16.7 Å². The summed E-state index contributed by atoms with van der Waals surface area (Å²) in [5.74, 6) is -0.372. The van der Waals surface area contributed by atoms with Crippen molar-refractivity contribution in [2.75, 3.05) is 7.05 Å². The fourth-order valence-electron chi connectivity index (χ4n) is 2.73. The van der Waals surface area contributed by atoms with Crippen molar-refractivity contribution in [2.24, 2.45) is 4.99 Å². The Balaban J connectivity index is 1.59. The minimum atomic E-state index is -0.273. The molecular weight excluding hydrogens is 401 g/mol. The van der Waals surface area contributed by atoms with E-state index in [1.165, 1.54) is 23.5 Å². The smallest absolute Gasteiger partial charge is 0.261 e. The van der Waals surface area contributed by atoms with E-state index >= 15 is 0 Å². The Morgan fingerprint density at radius 1 is 1.30 bits per heavy atom. The topological polar surface area (TPSA) is 81.4 Å². The van der Waals surface area contributed by atoms with E-state index in [4.69, 9.17) is 5.41 Å². The molecule has 0 radical (unpaired) electrons. The van der Waals surface area contributed by atoms with Crippen LogP contribution in [0.15, 0.2) is 59.9 Å². The first-order valence-corrected chi connectivity index (χ1v) is 10.1. The number of nitrogens with zero attached hydrogens (tertiary/aromatic N) is 3. The summed E-state index contributed by atoms with van der Waals surface area (Å²) in [5.41, 5.74) is 2.66. The van der Waals surface area contributed by atoms with E-state index in [1.807, 2.05) is 31.0 Å². The predicted molar refractivity (Wildman–Crippen MR) is 118 cm³/mol. The molecule has 0 unspecified atom stereocenters. The van der Waals surface area contributed by atoms with Crippen LogP contribution in [-0.4, -0.2) is 35.0 Å². The van der Waals surface area contributed by atoms with Crippen LogP contribution in [0.1, 0.15) is 31.2 Å². The molecule has 2 aromatic heterocycles. The van der Waals surface area contributed by atoms with Gasteiger partial charge in [-0.05, 0) is 47.9 Å². The van der Waals surface area contributed by atoms with Gasteiger partial charge in [0, 0.05) is 32.5 Å².